The molecule has 2 rings (SSSR count). The average molecular weight is 487 g/mol. The number of carbonyl (C=O) groups is 4. The highest BCUT2D eigenvalue weighted by atomic mass is 16.4. The smallest absolute Gasteiger partial charge is 0.328 e. The van der Waals surface area contributed by atoms with Gasteiger partial charge >= 0.3 is 5.97 Å². The molecular formula is C24H30N4O7. The first-order valence-electron chi connectivity index (χ1n) is 10.9. The fraction of sp³-hybridized carbons (Fsp3) is 0.333. The molecule has 11 nitrogen and oxygen atoms in total. The van der Waals surface area contributed by atoms with E-state index in [1.54, 1.807) is 42.5 Å². The summed E-state index contributed by atoms with van der Waals surface area (Å²) in [4.78, 5) is 48.7. The topological polar surface area (TPSA) is 191 Å². The number of aromatic hydroxyl groups is 1. The lowest BCUT2D eigenvalue weighted by Gasteiger charge is -2.21. The van der Waals surface area contributed by atoms with Crippen LogP contribution in [0.3, 0.4) is 0 Å². The number of hydrogen-bond acceptors (Lipinski definition) is 7. The van der Waals surface area contributed by atoms with E-state index in [1.165, 1.54) is 19.1 Å². The third kappa shape index (κ3) is 9.07. The first-order valence-corrected chi connectivity index (χ1v) is 10.9. The van der Waals surface area contributed by atoms with Crippen molar-refractivity contribution in [3.63, 3.8) is 0 Å². The number of carbonyl (C=O) groups excluding carboxylic acids is 3. The number of carboxylic acid groups (broad SMARTS) is 1. The van der Waals surface area contributed by atoms with Gasteiger partial charge < -0.3 is 37.0 Å². The summed E-state index contributed by atoms with van der Waals surface area (Å²) in [6, 6.07) is 11.5. The van der Waals surface area contributed by atoms with Gasteiger partial charge in [0.2, 0.25) is 17.7 Å². The van der Waals surface area contributed by atoms with E-state index in [9.17, 15) is 29.4 Å². The normalized spacial score (nSPS) is 14.1. The molecule has 2 aromatic rings. The largest absolute Gasteiger partial charge is 0.508 e. The van der Waals surface area contributed by atoms with Crippen LogP contribution < -0.4 is 21.7 Å². The Labute approximate surface area is 202 Å². The number of aliphatic carboxylic acids is 1. The molecular weight excluding hydrogens is 456 g/mol. The molecule has 0 spiro atoms. The Kier molecular flexibility index (Phi) is 10.2. The summed E-state index contributed by atoms with van der Waals surface area (Å²) in [5, 5.41) is 35.0. The maximum Gasteiger partial charge on any atom is 0.328 e. The van der Waals surface area contributed by atoms with E-state index in [-0.39, 0.29) is 18.6 Å². The van der Waals surface area contributed by atoms with E-state index in [0.717, 1.165) is 11.1 Å². The molecule has 0 aliphatic heterocycles. The summed E-state index contributed by atoms with van der Waals surface area (Å²) < 4.78 is 0. The number of nitrogens with two attached hydrogens (primary N) is 1. The number of rotatable bonds is 12. The maximum atomic E-state index is 12.8. The van der Waals surface area contributed by atoms with Crippen LogP contribution in [0.2, 0.25) is 0 Å². The van der Waals surface area contributed by atoms with Crippen molar-refractivity contribution in [3.8, 4) is 5.75 Å². The Hall–Kier alpha value is -3.96. The second-order valence-corrected chi connectivity index (χ2v) is 8.07. The molecule has 0 aromatic heterocycles. The highest BCUT2D eigenvalue weighted by Crippen LogP contribution is 2.11. The molecule has 2 aromatic carbocycles. The molecule has 0 radical (unpaired) electrons. The van der Waals surface area contributed by atoms with Gasteiger partial charge in [-0.25, -0.2) is 4.79 Å². The molecule has 4 atom stereocenters. The molecule has 3 amide bonds. The zero-order valence-electron chi connectivity index (χ0n) is 19.2. The van der Waals surface area contributed by atoms with Crippen LogP contribution in [0.5, 0.6) is 5.75 Å². The molecule has 0 aliphatic carbocycles. The van der Waals surface area contributed by atoms with Crippen molar-refractivity contribution in [3.05, 3.63) is 65.7 Å². The van der Waals surface area contributed by atoms with Crippen LogP contribution in [0, 0.1) is 0 Å². The predicted molar refractivity (Wildman–Crippen MR) is 126 cm³/mol. The van der Waals surface area contributed by atoms with Crippen molar-refractivity contribution in [1.29, 1.82) is 0 Å². The van der Waals surface area contributed by atoms with Gasteiger partial charge in [0.25, 0.3) is 0 Å². The van der Waals surface area contributed by atoms with Gasteiger partial charge in [-0.1, -0.05) is 42.5 Å². The minimum Gasteiger partial charge on any atom is -0.508 e. The minimum absolute atomic E-state index is 0.0820. The summed E-state index contributed by atoms with van der Waals surface area (Å²) in [6.45, 7) is 0.653. The van der Waals surface area contributed by atoms with Gasteiger partial charge in [0.1, 0.15) is 11.8 Å². The van der Waals surface area contributed by atoms with E-state index in [4.69, 9.17) is 10.8 Å². The Morgan fingerprint density at radius 2 is 1.49 bits per heavy atom. The minimum atomic E-state index is -1.53. The average Bonchev–Trinajstić information content (AvgIpc) is 2.82. The van der Waals surface area contributed by atoms with E-state index in [0.29, 0.717) is 0 Å². The highest BCUT2D eigenvalue weighted by molar-refractivity contribution is 5.92. The van der Waals surface area contributed by atoms with Gasteiger partial charge in [0.15, 0.2) is 6.04 Å². The lowest BCUT2D eigenvalue weighted by atomic mass is 10.0. The van der Waals surface area contributed by atoms with Crippen LogP contribution in [-0.4, -0.2) is 69.8 Å². The molecule has 11 heteroatoms. The summed E-state index contributed by atoms with van der Waals surface area (Å²) in [7, 11) is 0. The van der Waals surface area contributed by atoms with Crippen molar-refractivity contribution in [1.82, 2.24) is 16.0 Å². The summed E-state index contributed by atoms with van der Waals surface area (Å²) in [5.74, 6) is -3.41. The van der Waals surface area contributed by atoms with E-state index in [1.807, 2.05) is 0 Å². The summed E-state index contributed by atoms with van der Waals surface area (Å²) in [6.07, 6.45) is -1.05. The number of aliphatic hydroxyl groups is 1. The van der Waals surface area contributed by atoms with Crippen LogP contribution in [0.4, 0.5) is 0 Å². The Morgan fingerprint density at radius 3 is 2.06 bits per heavy atom. The summed E-state index contributed by atoms with van der Waals surface area (Å²) in [5.41, 5.74) is 7.49. The standard InChI is InChI=1S/C24H30N4O7/c1-14(29)21(24(34)35)28-20(31)13-26-23(33)19(12-15-5-3-2-4-6-15)27-22(32)18(25)11-16-7-9-17(30)10-8-16/h2-10,14,18-19,21,29-30H,11-13,25H2,1H3,(H,26,33)(H,27,32)(H,28,31)(H,34,35). The van der Waals surface area contributed by atoms with Gasteiger partial charge in [-0.05, 0) is 36.6 Å². The monoisotopic (exact) mass is 486 g/mol. The first kappa shape index (κ1) is 27.3. The zero-order chi connectivity index (χ0) is 26.0. The molecule has 35 heavy (non-hydrogen) atoms. The van der Waals surface area contributed by atoms with Crippen molar-refractivity contribution in [2.24, 2.45) is 5.73 Å². The fourth-order valence-corrected chi connectivity index (χ4v) is 3.22. The van der Waals surface area contributed by atoms with Gasteiger partial charge in [-0.2, -0.15) is 0 Å². The first-order chi connectivity index (χ1) is 16.6. The second kappa shape index (κ2) is 13.1. The Morgan fingerprint density at radius 1 is 0.886 bits per heavy atom. The Balaban J connectivity index is 2.03. The number of phenolic OH excluding ortho intramolecular Hbond substituents is 1. The SMILES string of the molecule is CC(O)C(NC(=O)CNC(=O)C(Cc1ccccc1)NC(=O)C(N)Cc1ccc(O)cc1)C(=O)O. The van der Waals surface area contributed by atoms with Gasteiger partial charge in [-0.3, -0.25) is 14.4 Å². The van der Waals surface area contributed by atoms with Crippen LogP contribution in [-0.2, 0) is 32.0 Å². The number of aliphatic hydroxyl groups excluding tert-OH is 1. The van der Waals surface area contributed by atoms with E-state index in [2.05, 4.69) is 16.0 Å². The van der Waals surface area contributed by atoms with Gasteiger partial charge in [0.05, 0.1) is 18.7 Å². The maximum absolute atomic E-state index is 12.8. The number of benzene rings is 2. The molecule has 0 saturated carbocycles. The van der Waals surface area contributed by atoms with Crippen LogP contribution in [0.15, 0.2) is 54.6 Å². The Bertz CT molecular complexity index is 1010. The number of carboxylic acids is 1. The molecule has 188 valence electrons. The fourth-order valence-electron chi connectivity index (χ4n) is 3.22. The zero-order valence-corrected chi connectivity index (χ0v) is 19.2. The predicted octanol–water partition coefficient (Wildman–Crippen LogP) is -0.944. The van der Waals surface area contributed by atoms with Crippen molar-refractivity contribution >= 4 is 23.7 Å². The highest BCUT2D eigenvalue weighted by Gasteiger charge is 2.27. The number of phenols is 1. The molecule has 0 saturated heterocycles. The van der Waals surface area contributed by atoms with Crippen LogP contribution >= 0.6 is 0 Å². The second-order valence-electron chi connectivity index (χ2n) is 8.07. The quantitative estimate of drug-likeness (QED) is 0.200. The summed E-state index contributed by atoms with van der Waals surface area (Å²) >= 11 is 0. The van der Waals surface area contributed by atoms with Crippen molar-refractivity contribution in [2.45, 2.75) is 44.0 Å². The molecule has 0 heterocycles. The van der Waals surface area contributed by atoms with E-state index >= 15 is 0 Å². The number of hydrogen-bond donors (Lipinski definition) is 7. The molecule has 4 unspecified atom stereocenters. The molecule has 0 bridgehead atoms. The number of nitrogens with one attached hydrogen (secondary N) is 3. The van der Waals surface area contributed by atoms with Crippen molar-refractivity contribution < 1.29 is 34.5 Å². The number of amides is 3. The van der Waals surface area contributed by atoms with Gasteiger partial charge in [0, 0.05) is 6.42 Å². The lowest BCUT2D eigenvalue weighted by molar-refractivity contribution is -0.144. The lowest BCUT2D eigenvalue weighted by Crippen LogP contribution is -2.55. The molecule has 8 N–H and O–H groups in total. The molecule has 0 fully saturated rings. The van der Waals surface area contributed by atoms with Gasteiger partial charge in [-0.15, -0.1) is 0 Å². The van der Waals surface area contributed by atoms with Crippen LogP contribution in [0.25, 0.3) is 0 Å². The molecule has 0 aliphatic rings. The van der Waals surface area contributed by atoms with Crippen LogP contribution in [0.1, 0.15) is 18.1 Å². The third-order valence-electron chi connectivity index (χ3n) is 5.13. The third-order valence-corrected chi connectivity index (χ3v) is 5.13. The van der Waals surface area contributed by atoms with Crippen molar-refractivity contribution in [2.75, 3.05) is 6.54 Å². The van der Waals surface area contributed by atoms with E-state index < -0.39 is 54.5 Å².